The lowest BCUT2D eigenvalue weighted by atomic mass is 10.1. The van der Waals surface area contributed by atoms with E-state index in [2.05, 4.69) is 10.6 Å². The average molecular weight is 299 g/mol. The van der Waals surface area contributed by atoms with E-state index in [9.17, 15) is 4.79 Å². The molecular weight excluding hydrogens is 280 g/mol. The van der Waals surface area contributed by atoms with Gasteiger partial charge in [-0.15, -0.1) is 11.8 Å². The molecule has 1 aromatic rings. The summed E-state index contributed by atoms with van der Waals surface area (Å²) in [6.45, 7) is 1.79. The molecule has 2 rings (SSSR count). The number of halogens is 1. The van der Waals surface area contributed by atoms with Crippen molar-refractivity contribution in [3.8, 4) is 0 Å². The number of rotatable bonds is 5. The predicted molar refractivity (Wildman–Crippen MR) is 81.2 cm³/mol. The van der Waals surface area contributed by atoms with Gasteiger partial charge in [-0.2, -0.15) is 0 Å². The van der Waals surface area contributed by atoms with Gasteiger partial charge < -0.3 is 10.6 Å². The van der Waals surface area contributed by atoms with E-state index in [-0.39, 0.29) is 5.91 Å². The summed E-state index contributed by atoms with van der Waals surface area (Å²) in [5.74, 6) is -0.0844. The first kappa shape index (κ1) is 14.7. The topological polar surface area (TPSA) is 41.1 Å². The number of carbonyl (C=O) groups is 1. The number of hydrogen-bond acceptors (Lipinski definition) is 3. The number of hydrogen-bond donors (Lipinski definition) is 2. The standard InChI is InChI=1S/C14H19ClN2OS/c1-19-11-4-5-13(15)12(9-11)14(18)17-8-6-10-3-2-7-16-10/h4-5,9-10,16H,2-3,6-8H2,1H3,(H,17,18)/t10-/m1/s1. The molecular formula is C14H19ClN2OS. The molecule has 3 nitrogen and oxygen atoms in total. The smallest absolute Gasteiger partial charge is 0.252 e. The fourth-order valence-electron chi connectivity index (χ4n) is 2.26. The van der Waals surface area contributed by atoms with E-state index in [1.807, 2.05) is 18.4 Å². The van der Waals surface area contributed by atoms with Crippen LogP contribution in [0.15, 0.2) is 23.1 Å². The van der Waals surface area contributed by atoms with E-state index in [1.54, 1.807) is 17.8 Å². The quantitative estimate of drug-likeness (QED) is 0.821. The van der Waals surface area contributed by atoms with Gasteiger partial charge in [0.05, 0.1) is 10.6 Å². The highest BCUT2D eigenvalue weighted by atomic mass is 35.5. The monoisotopic (exact) mass is 298 g/mol. The lowest BCUT2D eigenvalue weighted by Crippen LogP contribution is -2.30. The minimum absolute atomic E-state index is 0.0844. The van der Waals surface area contributed by atoms with Gasteiger partial charge in [0.15, 0.2) is 0 Å². The van der Waals surface area contributed by atoms with Crippen molar-refractivity contribution in [1.82, 2.24) is 10.6 Å². The molecule has 1 aromatic carbocycles. The zero-order valence-electron chi connectivity index (χ0n) is 11.0. The largest absolute Gasteiger partial charge is 0.352 e. The van der Waals surface area contributed by atoms with Crippen molar-refractivity contribution < 1.29 is 4.79 Å². The van der Waals surface area contributed by atoms with Crippen LogP contribution in [0.1, 0.15) is 29.6 Å². The van der Waals surface area contributed by atoms with Crippen LogP contribution >= 0.6 is 23.4 Å². The predicted octanol–water partition coefficient (Wildman–Crippen LogP) is 2.93. The first-order valence-electron chi connectivity index (χ1n) is 6.56. The number of benzene rings is 1. The second-order valence-corrected chi connectivity index (χ2v) is 5.97. The maximum absolute atomic E-state index is 12.1. The van der Waals surface area contributed by atoms with Crippen molar-refractivity contribution >= 4 is 29.3 Å². The molecule has 0 bridgehead atoms. The summed E-state index contributed by atoms with van der Waals surface area (Å²) in [4.78, 5) is 13.1. The van der Waals surface area contributed by atoms with E-state index >= 15 is 0 Å². The second-order valence-electron chi connectivity index (χ2n) is 4.68. The average Bonchev–Trinajstić information content (AvgIpc) is 2.92. The molecule has 104 valence electrons. The van der Waals surface area contributed by atoms with Crippen molar-refractivity contribution in [2.75, 3.05) is 19.3 Å². The van der Waals surface area contributed by atoms with E-state index in [4.69, 9.17) is 11.6 Å². The zero-order valence-corrected chi connectivity index (χ0v) is 12.6. The van der Waals surface area contributed by atoms with E-state index in [1.165, 1.54) is 12.8 Å². The van der Waals surface area contributed by atoms with Gasteiger partial charge in [0.25, 0.3) is 5.91 Å². The van der Waals surface area contributed by atoms with Crippen LogP contribution in [0.4, 0.5) is 0 Å². The highest BCUT2D eigenvalue weighted by molar-refractivity contribution is 7.98. The van der Waals surface area contributed by atoms with Crippen LogP contribution < -0.4 is 10.6 Å². The molecule has 1 atom stereocenters. The summed E-state index contributed by atoms with van der Waals surface area (Å²) in [7, 11) is 0. The third-order valence-electron chi connectivity index (χ3n) is 3.36. The molecule has 5 heteroatoms. The third-order valence-corrected chi connectivity index (χ3v) is 4.41. The van der Waals surface area contributed by atoms with Crippen LogP contribution in [0.3, 0.4) is 0 Å². The van der Waals surface area contributed by atoms with Gasteiger partial charge in [0, 0.05) is 17.5 Å². The Balaban J connectivity index is 1.88. The molecule has 2 N–H and O–H groups in total. The molecule has 1 heterocycles. The highest BCUT2D eigenvalue weighted by Crippen LogP contribution is 2.22. The van der Waals surface area contributed by atoms with Crippen LogP contribution in [-0.4, -0.2) is 31.3 Å². The lowest BCUT2D eigenvalue weighted by molar-refractivity contribution is 0.0952. The van der Waals surface area contributed by atoms with Crippen molar-refractivity contribution in [2.45, 2.75) is 30.2 Å². The molecule has 1 aliphatic heterocycles. The normalized spacial score (nSPS) is 18.5. The minimum atomic E-state index is -0.0844. The van der Waals surface area contributed by atoms with Gasteiger partial charge in [0.2, 0.25) is 0 Å². The molecule has 1 aliphatic rings. The fraction of sp³-hybridized carbons (Fsp3) is 0.500. The Hall–Kier alpha value is -0.710. The van der Waals surface area contributed by atoms with E-state index in [0.717, 1.165) is 17.9 Å². The Kier molecular flexibility index (Phi) is 5.55. The number of carbonyl (C=O) groups excluding carboxylic acids is 1. The van der Waals surface area contributed by atoms with Gasteiger partial charge in [0.1, 0.15) is 0 Å². The maximum Gasteiger partial charge on any atom is 0.252 e. The van der Waals surface area contributed by atoms with Crippen molar-refractivity contribution in [3.63, 3.8) is 0 Å². The number of thioether (sulfide) groups is 1. The minimum Gasteiger partial charge on any atom is -0.352 e. The molecule has 19 heavy (non-hydrogen) atoms. The van der Waals surface area contributed by atoms with Crippen LogP contribution in [0, 0.1) is 0 Å². The van der Waals surface area contributed by atoms with Crippen LogP contribution in [0.5, 0.6) is 0 Å². The molecule has 1 fully saturated rings. The molecule has 0 spiro atoms. The Morgan fingerprint density at radius 1 is 1.58 bits per heavy atom. The van der Waals surface area contributed by atoms with Crippen LogP contribution in [0.25, 0.3) is 0 Å². The Bertz CT molecular complexity index is 447. The summed E-state index contributed by atoms with van der Waals surface area (Å²) >= 11 is 7.68. The van der Waals surface area contributed by atoms with Gasteiger partial charge in [-0.1, -0.05) is 11.6 Å². The van der Waals surface area contributed by atoms with Crippen LogP contribution in [0.2, 0.25) is 5.02 Å². The molecule has 0 aromatic heterocycles. The Labute approximate surface area is 123 Å². The first-order chi connectivity index (χ1) is 9.20. The van der Waals surface area contributed by atoms with Crippen molar-refractivity contribution in [1.29, 1.82) is 0 Å². The summed E-state index contributed by atoms with van der Waals surface area (Å²) in [5.41, 5.74) is 0.563. The van der Waals surface area contributed by atoms with Gasteiger partial charge >= 0.3 is 0 Å². The molecule has 1 saturated heterocycles. The first-order valence-corrected chi connectivity index (χ1v) is 8.16. The summed E-state index contributed by atoms with van der Waals surface area (Å²) < 4.78 is 0. The van der Waals surface area contributed by atoms with E-state index < -0.39 is 0 Å². The highest BCUT2D eigenvalue weighted by Gasteiger charge is 2.15. The summed E-state index contributed by atoms with van der Waals surface area (Å²) in [6.07, 6.45) is 5.40. The number of amides is 1. The zero-order chi connectivity index (χ0) is 13.7. The third kappa shape index (κ3) is 4.13. The Morgan fingerprint density at radius 2 is 2.42 bits per heavy atom. The van der Waals surface area contributed by atoms with Gasteiger partial charge in [-0.05, 0) is 50.3 Å². The van der Waals surface area contributed by atoms with Crippen LogP contribution in [-0.2, 0) is 0 Å². The molecule has 1 amide bonds. The molecule has 0 saturated carbocycles. The SMILES string of the molecule is CSc1ccc(Cl)c(C(=O)NCC[C@H]2CCCN2)c1. The second kappa shape index (κ2) is 7.17. The molecule has 0 aliphatic carbocycles. The van der Waals surface area contributed by atoms with Gasteiger partial charge in [-0.25, -0.2) is 0 Å². The molecule has 0 unspecified atom stereocenters. The van der Waals surface area contributed by atoms with Crippen molar-refractivity contribution in [2.24, 2.45) is 0 Å². The van der Waals surface area contributed by atoms with Crippen molar-refractivity contribution in [3.05, 3.63) is 28.8 Å². The molecule has 0 radical (unpaired) electrons. The summed E-state index contributed by atoms with van der Waals surface area (Å²) in [6, 6.07) is 6.09. The van der Waals surface area contributed by atoms with E-state index in [0.29, 0.717) is 23.2 Å². The number of nitrogens with one attached hydrogen (secondary N) is 2. The Morgan fingerprint density at radius 3 is 3.11 bits per heavy atom. The maximum atomic E-state index is 12.1. The fourth-order valence-corrected chi connectivity index (χ4v) is 2.91. The summed E-state index contributed by atoms with van der Waals surface area (Å²) in [5, 5.41) is 6.87. The lowest BCUT2D eigenvalue weighted by Gasteiger charge is -2.11. The van der Waals surface area contributed by atoms with Gasteiger partial charge in [-0.3, -0.25) is 4.79 Å².